The number of rotatable bonds is 4. The number of nitrogens with one attached hydrogen (secondary N) is 2. The highest BCUT2D eigenvalue weighted by atomic mass is 16.3. The normalized spacial score (nSPS) is 27.2. The molecule has 0 heterocycles. The van der Waals surface area contributed by atoms with Gasteiger partial charge in [-0.3, -0.25) is 14.4 Å². The molecule has 112 valence electrons. The third-order valence-corrected chi connectivity index (χ3v) is 3.01. The van der Waals surface area contributed by atoms with Gasteiger partial charge in [-0.1, -0.05) is 6.08 Å². The van der Waals surface area contributed by atoms with Gasteiger partial charge < -0.3 is 26.6 Å². The standard InChI is InChI=1S/C12H19N3O5/c1-5(11(13)19)14-12(20)7-3-8(15-6(2)16)10(18)9(17)4-7/h3,5,8-10,17-18H,4H2,1-2H3,(H2,13,19)(H,14,20)(H,15,16)/t5-,8-,9-,10-/m1/s1. The number of aliphatic hydroxyl groups is 2. The molecule has 0 saturated carbocycles. The molecule has 4 atom stereocenters. The summed E-state index contributed by atoms with van der Waals surface area (Å²) in [6.45, 7) is 2.69. The molecule has 0 unspecified atom stereocenters. The van der Waals surface area contributed by atoms with Gasteiger partial charge in [0.2, 0.25) is 17.7 Å². The summed E-state index contributed by atoms with van der Waals surface area (Å²) in [7, 11) is 0. The van der Waals surface area contributed by atoms with Crippen molar-refractivity contribution in [2.45, 2.75) is 44.6 Å². The fourth-order valence-electron chi connectivity index (χ4n) is 1.86. The lowest BCUT2D eigenvalue weighted by Crippen LogP contribution is -2.51. The van der Waals surface area contributed by atoms with Crippen molar-refractivity contribution < 1.29 is 24.6 Å². The van der Waals surface area contributed by atoms with Crippen molar-refractivity contribution >= 4 is 17.7 Å². The van der Waals surface area contributed by atoms with Crippen molar-refractivity contribution in [3.8, 4) is 0 Å². The van der Waals surface area contributed by atoms with E-state index >= 15 is 0 Å². The molecule has 0 aromatic heterocycles. The van der Waals surface area contributed by atoms with Crippen molar-refractivity contribution in [1.29, 1.82) is 0 Å². The van der Waals surface area contributed by atoms with Crippen LogP contribution in [0.25, 0.3) is 0 Å². The zero-order chi connectivity index (χ0) is 15.4. The molecule has 20 heavy (non-hydrogen) atoms. The second-order valence-electron chi connectivity index (χ2n) is 4.78. The fourth-order valence-corrected chi connectivity index (χ4v) is 1.86. The quantitative estimate of drug-likeness (QED) is 0.389. The summed E-state index contributed by atoms with van der Waals surface area (Å²) in [6.07, 6.45) is -1.08. The Bertz CT molecular complexity index is 448. The highest BCUT2D eigenvalue weighted by molar-refractivity contribution is 5.97. The zero-order valence-corrected chi connectivity index (χ0v) is 11.3. The van der Waals surface area contributed by atoms with E-state index in [4.69, 9.17) is 5.73 Å². The van der Waals surface area contributed by atoms with Crippen LogP contribution in [0.3, 0.4) is 0 Å². The zero-order valence-electron chi connectivity index (χ0n) is 11.3. The summed E-state index contributed by atoms with van der Waals surface area (Å²) >= 11 is 0. The molecule has 0 aromatic carbocycles. The van der Waals surface area contributed by atoms with E-state index in [1.807, 2.05) is 0 Å². The first kappa shape index (κ1) is 16.1. The van der Waals surface area contributed by atoms with Crippen LogP contribution in [-0.4, -0.2) is 52.2 Å². The topological polar surface area (TPSA) is 142 Å². The lowest BCUT2D eigenvalue weighted by molar-refractivity contribution is -0.125. The van der Waals surface area contributed by atoms with Gasteiger partial charge in [0.15, 0.2) is 0 Å². The van der Waals surface area contributed by atoms with Gasteiger partial charge in [-0.15, -0.1) is 0 Å². The van der Waals surface area contributed by atoms with Crippen molar-refractivity contribution in [3.63, 3.8) is 0 Å². The van der Waals surface area contributed by atoms with Gasteiger partial charge in [-0.05, 0) is 6.92 Å². The maximum absolute atomic E-state index is 11.9. The molecule has 0 radical (unpaired) electrons. The maximum Gasteiger partial charge on any atom is 0.247 e. The smallest absolute Gasteiger partial charge is 0.247 e. The van der Waals surface area contributed by atoms with Gasteiger partial charge >= 0.3 is 0 Å². The Morgan fingerprint density at radius 2 is 2.00 bits per heavy atom. The average Bonchev–Trinajstić information content (AvgIpc) is 2.33. The van der Waals surface area contributed by atoms with Crippen LogP contribution in [0.2, 0.25) is 0 Å². The van der Waals surface area contributed by atoms with Gasteiger partial charge in [-0.2, -0.15) is 0 Å². The van der Waals surface area contributed by atoms with Crippen LogP contribution in [0.5, 0.6) is 0 Å². The van der Waals surface area contributed by atoms with Crippen LogP contribution in [0.1, 0.15) is 20.3 Å². The molecule has 0 fully saturated rings. The lowest BCUT2D eigenvalue weighted by Gasteiger charge is -2.31. The molecule has 0 aliphatic heterocycles. The number of nitrogens with two attached hydrogens (primary N) is 1. The van der Waals surface area contributed by atoms with Crippen LogP contribution in [0.15, 0.2) is 11.6 Å². The van der Waals surface area contributed by atoms with E-state index in [1.165, 1.54) is 19.9 Å². The van der Waals surface area contributed by atoms with E-state index in [0.717, 1.165) is 0 Å². The van der Waals surface area contributed by atoms with Gasteiger partial charge in [0.1, 0.15) is 12.1 Å². The Labute approximate surface area is 116 Å². The SMILES string of the molecule is CC(=O)N[C@@H]1C=C(C(=O)N[C@H](C)C(N)=O)C[C@@H](O)[C@@H]1O. The lowest BCUT2D eigenvalue weighted by atomic mass is 9.90. The summed E-state index contributed by atoms with van der Waals surface area (Å²) in [5.74, 6) is -1.66. The molecule has 0 aromatic rings. The molecule has 0 spiro atoms. The number of amides is 3. The molecule has 0 saturated heterocycles. The summed E-state index contributed by atoms with van der Waals surface area (Å²) in [5, 5.41) is 24.2. The van der Waals surface area contributed by atoms with E-state index < -0.39 is 42.0 Å². The van der Waals surface area contributed by atoms with Crippen LogP contribution in [0.4, 0.5) is 0 Å². The van der Waals surface area contributed by atoms with Crippen LogP contribution in [0, 0.1) is 0 Å². The Hall–Kier alpha value is -1.93. The minimum absolute atomic E-state index is 0.0748. The minimum Gasteiger partial charge on any atom is -0.390 e. The summed E-state index contributed by atoms with van der Waals surface area (Å²) in [4.78, 5) is 33.8. The van der Waals surface area contributed by atoms with Gasteiger partial charge in [0, 0.05) is 18.9 Å². The molecular weight excluding hydrogens is 266 g/mol. The highest BCUT2D eigenvalue weighted by Crippen LogP contribution is 2.20. The third kappa shape index (κ3) is 4.04. The van der Waals surface area contributed by atoms with Crippen molar-refractivity contribution in [2.24, 2.45) is 5.73 Å². The van der Waals surface area contributed by atoms with E-state index in [1.54, 1.807) is 0 Å². The van der Waals surface area contributed by atoms with Gasteiger partial charge in [0.25, 0.3) is 0 Å². The molecule has 3 amide bonds. The first-order valence-electron chi connectivity index (χ1n) is 6.16. The van der Waals surface area contributed by atoms with Crippen LogP contribution < -0.4 is 16.4 Å². The third-order valence-electron chi connectivity index (χ3n) is 3.01. The number of hydrogen-bond acceptors (Lipinski definition) is 5. The molecule has 6 N–H and O–H groups in total. The molecule has 1 aliphatic rings. The minimum atomic E-state index is -1.19. The van der Waals surface area contributed by atoms with E-state index in [0.29, 0.717) is 0 Å². The van der Waals surface area contributed by atoms with E-state index in [9.17, 15) is 24.6 Å². The second-order valence-corrected chi connectivity index (χ2v) is 4.78. The molecular formula is C12H19N3O5. The highest BCUT2D eigenvalue weighted by Gasteiger charge is 2.33. The molecule has 1 rings (SSSR count). The predicted octanol–water partition coefficient (Wildman–Crippen LogP) is -2.47. The van der Waals surface area contributed by atoms with E-state index in [2.05, 4.69) is 10.6 Å². The molecule has 1 aliphatic carbocycles. The Balaban J connectivity index is 2.84. The fraction of sp³-hybridized carbons (Fsp3) is 0.583. The molecule has 0 bridgehead atoms. The summed E-state index contributed by atoms with van der Waals surface area (Å²) in [5.41, 5.74) is 5.21. The number of primary amides is 1. The number of aliphatic hydroxyl groups excluding tert-OH is 2. The molecule has 8 heteroatoms. The van der Waals surface area contributed by atoms with Crippen LogP contribution >= 0.6 is 0 Å². The van der Waals surface area contributed by atoms with Gasteiger partial charge in [-0.25, -0.2) is 0 Å². The Kier molecular flexibility index (Phi) is 5.23. The van der Waals surface area contributed by atoms with Crippen molar-refractivity contribution in [1.82, 2.24) is 10.6 Å². The summed E-state index contributed by atoms with van der Waals surface area (Å²) < 4.78 is 0. The van der Waals surface area contributed by atoms with Gasteiger partial charge in [0.05, 0.1) is 12.1 Å². The van der Waals surface area contributed by atoms with Crippen LogP contribution in [-0.2, 0) is 14.4 Å². The Morgan fingerprint density at radius 3 is 2.50 bits per heavy atom. The first-order valence-corrected chi connectivity index (χ1v) is 6.16. The molecule has 8 nitrogen and oxygen atoms in total. The number of hydrogen-bond donors (Lipinski definition) is 5. The predicted molar refractivity (Wildman–Crippen MR) is 69.1 cm³/mol. The monoisotopic (exact) mass is 285 g/mol. The summed E-state index contributed by atoms with van der Waals surface area (Å²) in [6, 6.07) is -1.72. The van der Waals surface area contributed by atoms with E-state index in [-0.39, 0.29) is 12.0 Å². The number of carbonyl (C=O) groups excluding carboxylic acids is 3. The Morgan fingerprint density at radius 1 is 1.40 bits per heavy atom. The number of carbonyl (C=O) groups is 3. The van der Waals surface area contributed by atoms with Crippen molar-refractivity contribution in [2.75, 3.05) is 0 Å². The first-order chi connectivity index (χ1) is 9.22. The average molecular weight is 285 g/mol. The maximum atomic E-state index is 11.9. The largest absolute Gasteiger partial charge is 0.390 e. The van der Waals surface area contributed by atoms with Crippen molar-refractivity contribution in [3.05, 3.63) is 11.6 Å². The second kappa shape index (κ2) is 6.49.